The molecule has 1 aliphatic heterocycles. The van der Waals surface area contributed by atoms with Crippen LogP contribution in [0.2, 0.25) is 5.02 Å². The summed E-state index contributed by atoms with van der Waals surface area (Å²) in [4.78, 5) is 23.4. The zero-order valence-electron chi connectivity index (χ0n) is 8.60. The van der Waals surface area contributed by atoms with E-state index in [-0.39, 0.29) is 21.4 Å². The van der Waals surface area contributed by atoms with Crippen molar-refractivity contribution in [1.82, 2.24) is 0 Å². The van der Waals surface area contributed by atoms with Gasteiger partial charge in [0.05, 0.1) is 4.92 Å². The van der Waals surface area contributed by atoms with Crippen molar-refractivity contribution < 1.29 is 9.72 Å². The number of benzene rings is 1. The molecule has 2 rings (SSSR count). The van der Waals surface area contributed by atoms with Crippen molar-refractivity contribution in [3.05, 3.63) is 33.3 Å². The van der Waals surface area contributed by atoms with Crippen LogP contribution < -0.4 is 4.90 Å². The topological polar surface area (TPSA) is 63.5 Å². The minimum absolute atomic E-state index is 0.0169. The van der Waals surface area contributed by atoms with E-state index in [0.717, 1.165) is 0 Å². The number of nitrogens with zero attached hydrogens (tertiary/aromatic N) is 2. The molecule has 1 atom stereocenters. The molecule has 1 heterocycles. The summed E-state index contributed by atoms with van der Waals surface area (Å²) in [6.45, 7) is 0.549. The molecule has 90 valence electrons. The molecule has 1 aromatic carbocycles. The molecule has 0 radical (unpaired) electrons. The Bertz CT molecular complexity index is 494. The number of anilines is 1. The summed E-state index contributed by atoms with van der Waals surface area (Å²) in [6, 6.07) is 4.29. The summed E-state index contributed by atoms with van der Waals surface area (Å²) in [5.74, 6) is -0.0169. The van der Waals surface area contributed by atoms with Gasteiger partial charge in [-0.25, -0.2) is 0 Å². The van der Waals surface area contributed by atoms with Gasteiger partial charge in [0.15, 0.2) is 0 Å². The van der Waals surface area contributed by atoms with Gasteiger partial charge in [-0.1, -0.05) is 27.5 Å². The first kappa shape index (κ1) is 12.3. The number of alkyl halides is 1. The standard InChI is InChI=1S/C10H8BrClN2O3/c11-6-3-10(15)13(5-6)7-1-2-9(14(16)17)8(12)4-7/h1-2,4,6H,3,5H2. The van der Waals surface area contributed by atoms with E-state index in [1.807, 2.05) is 0 Å². The summed E-state index contributed by atoms with van der Waals surface area (Å²) in [5.41, 5.74) is 0.435. The predicted octanol–water partition coefficient (Wildman–Crippen LogP) is 2.75. The molecule has 1 saturated heterocycles. The van der Waals surface area contributed by atoms with Gasteiger partial charge < -0.3 is 4.90 Å². The molecule has 1 amide bonds. The summed E-state index contributed by atoms with van der Waals surface area (Å²) in [6.07, 6.45) is 0.425. The largest absolute Gasteiger partial charge is 0.311 e. The molecule has 1 aliphatic rings. The second-order valence-electron chi connectivity index (χ2n) is 3.70. The molecule has 5 nitrogen and oxygen atoms in total. The van der Waals surface area contributed by atoms with Crippen LogP contribution in [-0.4, -0.2) is 22.2 Å². The summed E-state index contributed by atoms with van der Waals surface area (Å²) >= 11 is 9.16. The average Bonchev–Trinajstić information content (AvgIpc) is 2.57. The number of nitro benzene ring substituents is 1. The molecule has 7 heteroatoms. The van der Waals surface area contributed by atoms with Crippen LogP contribution in [0.25, 0.3) is 0 Å². The zero-order chi connectivity index (χ0) is 12.6. The van der Waals surface area contributed by atoms with Gasteiger partial charge in [-0.05, 0) is 12.1 Å². The maximum absolute atomic E-state index is 11.6. The van der Waals surface area contributed by atoms with E-state index in [9.17, 15) is 14.9 Å². The van der Waals surface area contributed by atoms with Crippen LogP contribution in [0.5, 0.6) is 0 Å². The van der Waals surface area contributed by atoms with E-state index < -0.39 is 4.92 Å². The van der Waals surface area contributed by atoms with Crippen LogP contribution in [0.4, 0.5) is 11.4 Å². The number of amides is 1. The number of carbonyl (C=O) groups is 1. The normalized spacial score (nSPS) is 19.8. The van der Waals surface area contributed by atoms with Gasteiger partial charge >= 0.3 is 0 Å². The number of nitro groups is 1. The highest BCUT2D eigenvalue weighted by Gasteiger charge is 2.29. The van der Waals surface area contributed by atoms with Crippen molar-refractivity contribution in [1.29, 1.82) is 0 Å². The molecule has 0 bridgehead atoms. The fourth-order valence-electron chi connectivity index (χ4n) is 1.73. The van der Waals surface area contributed by atoms with Gasteiger partial charge in [-0.3, -0.25) is 14.9 Å². The van der Waals surface area contributed by atoms with Gasteiger partial charge in [-0.15, -0.1) is 0 Å². The minimum atomic E-state index is -0.550. The van der Waals surface area contributed by atoms with E-state index in [1.165, 1.54) is 18.2 Å². The molecule has 0 aromatic heterocycles. The molecular weight excluding hydrogens is 311 g/mol. The van der Waals surface area contributed by atoms with E-state index in [1.54, 1.807) is 4.90 Å². The van der Waals surface area contributed by atoms with Crippen molar-refractivity contribution in [3.63, 3.8) is 0 Å². The van der Waals surface area contributed by atoms with Gasteiger partial charge in [0, 0.05) is 29.5 Å². The van der Waals surface area contributed by atoms with E-state index in [0.29, 0.717) is 18.7 Å². The van der Waals surface area contributed by atoms with Gasteiger partial charge in [-0.2, -0.15) is 0 Å². The Kier molecular flexibility index (Phi) is 3.35. The molecular formula is C10H8BrClN2O3. The number of carbonyl (C=O) groups excluding carboxylic acids is 1. The highest BCUT2D eigenvalue weighted by Crippen LogP contribution is 2.32. The lowest BCUT2D eigenvalue weighted by Crippen LogP contribution is -2.24. The van der Waals surface area contributed by atoms with Crippen LogP contribution in [0.1, 0.15) is 6.42 Å². The molecule has 0 saturated carbocycles. The first-order valence-electron chi connectivity index (χ1n) is 4.87. The zero-order valence-corrected chi connectivity index (χ0v) is 10.9. The maximum atomic E-state index is 11.6. The molecule has 17 heavy (non-hydrogen) atoms. The SMILES string of the molecule is O=C1CC(Br)CN1c1ccc([N+](=O)[O-])c(Cl)c1. The average molecular weight is 320 g/mol. The van der Waals surface area contributed by atoms with Crippen LogP contribution in [0.15, 0.2) is 18.2 Å². The highest BCUT2D eigenvalue weighted by molar-refractivity contribution is 9.09. The lowest BCUT2D eigenvalue weighted by Gasteiger charge is -2.15. The first-order valence-corrected chi connectivity index (χ1v) is 6.17. The van der Waals surface area contributed by atoms with Crippen LogP contribution in [0.3, 0.4) is 0 Å². The van der Waals surface area contributed by atoms with E-state index >= 15 is 0 Å². The Labute approximate surface area is 111 Å². The Morgan fingerprint density at radius 2 is 2.24 bits per heavy atom. The third-order valence-electron chi connectivity index (χ3n) is 2.52. The van der Waals surface area contributed by atoms with Gasteiger partial charge in [0.2, 0.25) is 5.91 Å². The lowest BCUT2D eigenvalue weighted by atomic mass is 10.2. The lowest BCUT2D eigenvalue weighted by molar-refractivity contribution is -0.384. The Hall–Kier alpha value is -1.14. The van der Waals surface area contributed by atoms with Crippen molar-refractivity contribution in [3.8, 4) is 0 Å². The number of hydrogen-bond donors (Lipinski definition) is 0. The molecule has 1 fully saturated rings. The minimum Gasteiger partial charge on any atom is -0.311 e. The Morgan fingerprint density at radius 1 is 1.53 bits per heavy atom. The van der Waals surface area contributed by atoms with E-state index in [4.69, 9.17) is 11.6 Å². The monoisotopic (exact) mass is 318 g/mol. The van der Waals surface area contributed by atoms with Crippen molar-refractivity contribution in [2.24, 2.45) is 0 Å². The molecule has 1 aromatic rings. The number of halogens is 2. The first-order chi connectivity index (χ1) is 7.99. The second kappa shape index (κ2) is 4.62. The number of rotatable bonds is 2. The quantitative estimate of drug-likeness (QED) is 0.478. The van der Waals surface area contributed by atoms with Crippen molar-refractivity contribution in [2.45, 2.75) is 11.2 Å². The summed E-state index contributed by atoms with van der Waals surface area (Å²) < 4.78 is 0. The van der Waals surface area contributed by atoms with Crippen LogP contribution >= 0.6 is 27.5 Å². The predicted molar refractivity (Wildman–Crippen MR) is 67.8 cm³/mol. The molecule has 0 spiro atoms. The molecule has 0 aliphatic carbocycles. The highest BCUT2D eigenvalue weighted by atomic mass is 79.9. The third-order valence-corrected chi connectivity index (χ3v) is 3.43. The van der Waals surface area contributed by atoms with Crippen molar-refractivity contribution in [2.75, 3.05) is 11.4 Å². The smallest absolute Gasteiger partial charge is 0.288 e. The number of hydrogen-bond acceptors (Lipinski definition) is 3. The Balaban J connectivity index is 2.32. The molecule has 1 unspecified atom stereocenters. The van der Waals surface area contributed by atoms with Crippen molar-refractivity contribution >= 4 is 44.8 Å². The Morgan fingerprint density at radius 3 is 2.71 bits per heavy atom. The second-order valence-corrected chi connectivity index (χ2v) is 5.40. The van der Waals surface area contributed by atoms with Crippen LogP contribution in [0, 0.1) is 10.1 Å². The fourth-order valence-corrected chi connectivity index (χ4v) is 2.54. The van der Waals surface area contributed by atoms with Gasteiger partial charge in [0.1, 0.15) is 5.02 Å². The third kappa shape index (κ3) is 2.42. The fraction of sp³-hybridized carbons (Fsp3) is 0.300. The summed E-state index contributed by atoms with van der Waals surface area (Å²) in [5, 5.41) is 10.6. The maximum Gasteiger partial charge on any atom is 0.288 e. The molecule has 0 N–H and O–H groups in total. The van der Waals surface area contributed by atoms with Crippen LogP contribution in [-0.2, 0) is 4.79 Å². The van der Waals surface area contributed by atoms with E-state index in [2.05, 4.69) is 15.9 Å². The summed E-state index contributed by atoms with van der Waals surface area (Å²) in [7, 11) is 0. The van der Waals surface area contributed by atoms with Gasteiger partial charge in [0.25, 0.3) is 5.69 Å².